The van der Waals surface area contributed by atoms with Gasteiger partial charge in [-0.1, -0.05) is 12.1 Å². The molecule has 1 rings (SSSR count). The fourth-order valence-electron chi connectivity index (χ4n) is 1.36. The summed E-state index contributed by atoms with van der Waals surface area (Å²) in [6, 6.07) is 4.11. The smallest absolute Gasteiger partial charge is 0.861 e. The molecule has 0 aliphatic heterocycles. The van der Waals surface area contributed by atoms with Crippen molar-refractivity contribution in [3.8, 4) is 0 Å². The van der Waals surface area contributed by atoms with Gasteiger partial charge < -0.3 is 5.11 Å². The molecule has 1 aromatic carbocycles. The molecule has 0 heterocycles. The Hall–Kier alpha value is -0.0936. The number of aliphatic imine (C=N–C) groups is 1. The third-order valence-corrected chi connectivity index (χ3v) is 3.00. The molecular weight excluding hydrogens is 297 g/mol. The molecule has 0 aromatic heterocycles. The van der Waals surface area contributed by atoms with Gasteiger partial charge in [-0.3, -0.25) is 14.3 Å². The predicted molar refractivity (Wildman–Crippen MR) is 63.4 cm³/mol. The van der Waals surface area contributed by atoms with Gasteiger partial charge in [-0.05, 0) is 31.4 Å². The Balaban J connectivity index is 0.00000324. The van der Waals surface area contributed by atoms with Gasteiger partial charge in [-0.15, -0.1) is 0 Å². The molecular formula is C11H12KNO5S. The van der Waals surface area contributed by atoms with Crippen molar-refractivity contribution in [2.24, 2.45) is 4.99 Å². The largest absolute Gasteiger partial charge is 1.00 e. The van der Waals surface area contributed by atoms with Crippen molar-refractivity contribution < 1.29 is 74.3 Å². The minimum atomic E-state index is -4.46. The van der Waals surface area contributed by atoms with E-state index >= 15 is 0 Å². The molecule has 0 bridgehead atoms. The number of nitrogens with zero attached hydrogens (tertiary/aromatic N) is 1. The molecule has 0 fully saturated rings. The van der Waals surface area contributed by atoms with Gasteiger partial charge in [0.05, 0.1) is 5.69 Å². The fraction of sp³-hybridized carbons (Fsp3) is 0.273. The minimum Gasteiger partial charge on any atom is -0.861 e. The zero-order valence-electron chi connectivity index (χ0n) is 10.9. The number of hydrogen-bond acceptors (Lipinski definition) is 5. The van der Waals surface area contributed by atoms with Gasteiger partial charge >= 0.3 is 51.4 Å². The zero-order chi connectivity index (χ0) is 13.9. The third-order valence-electron chi connectivity index (χ3n) is 2.12. The summed E-state index contributed by atoms with van der Waals surface area (Å²) in [7, 11) is -4.46. The number of para-hydroxylation sites is 1. The Morgan fingerprint density at radius 1 is 1.42 bits per heavy atom. The summed E-state index contributed by atoms with van der Waals surface area (Å²) in [5.41, 5.74) is 0.285. The first-order valence-electron chi connectivity index (χ1n) is 5.03. The molecule has 0 aliphatic carbocycles. The standard InChI is InChI=1S/C11H13NO5S.K/c1-7-4-3-5-9(18(15,16)17)11(7)12-10(14)6-8(2)13;/h3-5H,6H2,1-2H3,(H,12,14)(H,15,16,17);/q;+1/p-1. The van der Waals surface area contributed by atoms with E-state index in [0.717, 1.165) is 6.07 Å². The molecule has 0 spiro atoms. The van der Waals surface area contributed by atoms with Crippen LogP contribution < -0.4 is 56.5 Å². The Bertz CT molecular complexity index is 610. The van der Waals surface area contributed by atoms with Gasteiger partial charge in [0.25, 0.3) is 10.1 Å². The number of benzene rings is 1. The van der Waals surface area contributed by atoms with Gasteiger partial charge in [0.15, 0.2) is 0 Å². The van der Waals surface area contributed by atoms with Crippen molar-refractivity contribution in [3.05, 3.63) is 23.8 Å². The Morgan fingerprint density at radius 3 is 2.47 bits per heavy atom. The van der Waals surface area contributed by atoms with E-state index in [4.69, 9.17) is 4.55 Å². The van der Waals surface area contributed by atoms with Crippen LogP contribution in [0.5, 0.6) is 0 Å². The van der Waals surface area contributed by atoms with Crippen molar-refractivity contribution in [2.45, 2.75) is 25.2 Å². The average Bonchev–Trinajstić information content (AvgIpc) is 2.18. The molecule has 0 unspecified atom stereocenters. The fourth-order valence-corrected chi connectivity index (χ4v) is 2.06. The van der Waals surface area contributed by atoms with E-state index in [0.29, 0.717) is 5.56 Å². The van der Waals surface area contributed by atoms with Crippen LogP contribution in [0.25, 0.3) is 0 Å². The van der Waals surface area contributed by atoms with E-state index in [1.807, 2.05) is 0 Å². The maximum absolute atomic E-state index is 11.4. The number of carbonyl (C=O) groups excluding carboxylic acids is 1. The Labute approximate surface area is 154 Å². The van der Waals surface area contributed by atoms with Crippen LogP contribution in [0.4, 0.5) is 5.69 Å². The monoisotopic (exact) mass is 309 g/mol. The summed E-state index contributed by atoms with van der Waals surface area (Å²) in [6.07, 6.45) is -0.404. The second kappa shape index (κ2) is 7.63. The van der Waals surface area contributed by atoms with Crippen LogP contribution in [0.3, 0.4) is 0 Å². The topological polar surface area (TPSA) is 107 Å². The molecule has 0 aliphatic rings. The van der Waals surface area contributed by atoms with Crippen molar-refractivity contribution in [1.29, 1.82) is 0 Å². The second-order valence-corrected chi connectivity index (χ2v) is 5.17. The summed E-state index contributed by atoms with van der Waals surface area (Å²) in [4.78, 5) is 13.9. The SMILES string of the molecule is CC(=O)CC([O-])=Nc1c(C)cccc1S(=O)(=O)O.[K+]. The normalized spacial score (nSPS) is 11.8. The van der Waals surface area contributed by atoms with Crippen LogP contribution in [0, 0.1) is 6.92 Å². The summed E-state index contributed by atoms with van der Waals surface area (Å²) < 4.78 is 31.3. The molecule has 0 atom stereocenters. The van der Waals surface area contributed by atoms with Crippen molar-refractivity contribution in [1.82, 2.24) is 0 Å². The van der Waals surface area contributed by atoms with Crippen molar-refractivity contribution in [3.63, 3.8) is 0 Å². The molecule has 8 heteroatoms. The van der Waals surface area contributed by atoms with Gasteiger partial charge in [0.2, 0.25) is 0 Å². The molecule has 19 heavy (non-hydrogen) atoms. The zero-order valence-corrected chi connectivity index (χ0v) is 14.8. The summed E-state index contributed by atoms with van der Waals surface area (Å²) in [6.45, 7) is 2.78. The number of aryl methyl sites for hydroxylation is 1. The molecule has 0 saturated carbocycles. The molecule has 0 saturated heterocycles. The van der Waals surface area contributed by atoms with E-state index in [1.165, 1.54) is 13.0 Å². The summed E-state index contributed by atoms with van der Waals surface area (Å²) in [5, 5.41) is 11.4. The van der Waals surface area contributed by atoms with Gasteiger partial charge in [-0.2, -0.15) is 8.42 Å². The van der Waals surface area contributed by atoms with E-state index < -0.39 is 27.3 Å². The maximum atomic E-state index is 11.4. The Morgan fingerprint density at radius 2 is 2.00 bits per heavy atom. The molecule has 1 N–H and O–H groups in total. The third kappa shape index (κ3) is 5.82. The number of ketones is 1. The number of carbonyl (C=O) groups is 1. The molecule has 0 radical (unpaired) electrons. The van der Waals surface area contributed by atoms with Crippen LogP contribution in [-0.2, 0) is 14.9 Å². The summed E-state index contributed by atoms with van der Waals surface area (Å²) >= 11 is 0. The first-order valence-corrected chi connectivity index (χ1v) is 6.47. The maximum Gasteiger partial charge on any atom is 1.00 e. The quantitative estimate of drug-likeness (QED) is 0.289. The van der Waals surface area contributed by atoms with Crippen LogP contribution in [0.1, 0.15) is 18.9 Å². The number of rotatable bonds is 4. The number of hydrogen-bond donors (Lipinski definition) is 1. The predicted octanol–water partition coefficient (Wildman–Crippen LogP) is -2.38. The Kier molecular flexibility index (Phi) is 7.59. The van der Waals surface area contributed by atoms with Crippen molar-refractivity contribution in [2.75, 3.05) is 0 Å². The molecule has 0 amide bonds. The van der Waals surface area contributed by atoms with Crippen molar-refractivity contribution >= 4 is 27.5 Å². The number of Topliss-reactive ketones (excluding diaryl/α,β-unsaturated/α-hetero) is 1. The van der Waals surface area contributed by atoms with Crippen LogP contribution in [0.2, 0.25) is 0 Å². The van der Waals surface area contributed by atoms with E-state index in [2.05, 4.69) is 4.99 Å². The van der Waals surface area contributed by atoms with E-state index in [9.17, 15) is 18.3 Å². The first kappa shape index (κ1) is 18.9. The molecule has 1 aromatic rings. The molecule has 98 valence electrons. The van der Waals surface area contributed by atoms with Crippen LogP contribution >= 0.6 is 0 Å². The van der Waals surface area contributed by atoms with Crippen LogP contribution in [-0.4, -0.2) is 24.7 Å². The molecule has 6 nitrogen and oxygen atoms in total. The van der Waals surface area contributed by atoms with Gasteiger partial charge in [0, 0.05) is 6.42 Å². The van der Waals surface area contributed by atoms with E-state index in [1.54, 1.807) is 13.0 Å². The summed E-state index contributed by atoms with van der Waals surface area (Å²) in [5.74, 6) is -1.12. The minimum absolute atomic E-state index is 0. The van der Waals surface area contributed by atoms with E-state index in [-0.39, 0.29) is 62.9 Å². The first-order chi connectivity index (χ1) is 8.21. The second-order valence-electron chi connectivity index (χ2n) is 3.78. The van der Waals surface area contributed by atoms with Gasteiger partial charge in [-0.25, -0.2) is 0 Å². The van der Waals surface area contributed by atoms with Crippen LogP contribution in [0.15, 0.2) is 28.1 Å². The van der Waals surface area contributed by atoms with Gasteiger partial charge in [0.1, 0.15) is 10.7 Å². The average molecular weight is 309 g/mol.